The Morgan fingerprint density at radius 3 is 2.50 bits per heavy atom. The van der Waals surface area contributed by atoms with Gasteiger partial charge >= 0.3 is 5.91 Å². The van der Waals surface area contributed by atoms with E-state index in [0.717, 1.165) is 10.9 Å². The van der Waals surface area contributed by atoms with E-state index in [1.165, 1.54) is 0 Å². The molecular formula is C17H12ClIN2O3. The zero-order valence-electron chi connectivity index (χ0n) is 12.5. The first-order valence-corrected chi connectivity index (χ1v) is 8.47. The maximum atomic E-state index is 12.3. The van der Waals surface area contributed by atoms with Crippen molar-refractivity contribution in [2.24, 2.45) is 0 Å². The fourth-order valence-corrected chi connectivity index (χ4v) is 3.42. The van der Waals surface area contributed by atoms with Crippen LogP contribution in [0.15, 0.2) is 46.9 Å². The minimum atomic E-state index is -0.513. The highest BCUT2D eigenvalue weighted by Crippen LogP contribution is 2.24. The number of para-hydroxylation sites is 1. The van der Waals surface area contributed by atoms with Crippen molar-refractivity contribution in [1.82, 2.24) is 10.9 Å². The molecule has 0 aliphatic carbocycles. The molecule has 0 saturated heterocycles. The number of rotatable bonds is 2. The topological polar surface area (TPSA) is 71.3 Å². The third-order valence-electron chi connectivity index (χ3n) is 3.52. The normalized spacial score (nSPS) is 10.6. The van der Waals surface area contributed by atoms with E-state index in [2.05, 4.69) is 10.9 Å². The maximum absolute atomic E-state index is 12.3. The van der Waals surface area contributed by atoms with Crippen LogP contribution in [0.25, 0.3) is 11.0 Å². The molecule has 3 aromatic rings. The molecule has 24 heavy (non-hydrogen) atoms. The van der Waals surface area contributed by atoms with Gasteiger partial charge in [0.2, 0.25) is 0 Å². The molecule has 0 bridgehead atoms. The summed E-state index contributed by atoms with van der Waals surface area (Å²) >= 11 is 7.87. The van der Waals surface area contributed by atoms with Crippen LogP contribution in [-0.4, -0.2) is 11.8 Å². The lowest BCUT2D eigenvalue weighted by Gasteiger charge is -2.08. The monoisotopic (exact) mass is 454 g/mol. The van der Waals surface area contributed by atoms with E-state index < -0.39 is 11.8 Å². The van der Waals surface area contributed by atoms with Crippen molar-refractivity contribution in [3.63, 3.8) is 0 Å². The number of furan rings is 1. The first-order chi connectivity index (χ1) is 11.5. The fourth-order valence-electron chi connectivity index (χ4n) is 2.30. The number of benzene rings is 2. The summed E-state index contributed by atoms with van der Waals surface area (Å²) in [7, 11) is 0. The van der Waals surface area contributed by atoms with Gasteiger partial charge in [-0.25, -0.2) is 0 Å². The summed E-state index contributed by atoms with van der Waals surface area (Å²) in [5, 5.41) is 1.40. The van der Waals surface area contributed by atoms with E-state index in [1.54, 1.807) is 31.2 Å². The molecule has 1 heterocycles. The molecule has 0 radical (unpaired) electrons. The van der Waals surface area contributed by atoms with Crippen LogP contribution >= 0.6 is 34.2 Å². The molecule has 0 aliphatic rings. The molecule has 0 saturated carbocycles. The van der Waals surface area contributed by atoms with Gasteiger partial charge in [-0.1, -0.05) is 29.8 Å². The number of aryl methyl sites for hydroxylation is 1. The lowest BCUT2D eigenvalue weighted by Crippen LogP contribution is -2.42. The first-order valence-electron chi connectivity index (χ1n) is 7.01. The number of hydrogen-bond acceptors (Lipinski definition) is 3. The van der Waals surface area contributed by atoms with Crippen molar-refractivity contribution in [2.75, 3.05) is 0 Å². The summed E-state index contributed by atoms with van der Waals surface area (Å²) in [5.41, 5.74) is 6.52. The van der Waals surface area contributed by atoms with Crippen molar-refractivity contribution in [2.45, 2.75) is 6.92 Å². The van der Waals surface area contributed by atoms with Gasteiger partial charge in [-0.2, -0.15) is 0 Å². The zero-order chi connectivity index (χ0) is 17.3. The largest absolute Gasteiger partial charge is 0.451 e. The number of hydrazine groups is 1. The molecule has 2 aromatic carbocycles. The van der Waals surface area contributed by atoms with Crippen LogP contribution in [0.5, 0.6) is 0 Å². The Morgan fingerprint density at radius 2 is 1.79 bits per heavy atom. The molecule has 0 aliphatic heterocycles. The van der Waals surface area contributed by atoms with Crippen LogP contribution in [-0.2, 0) is 0 Å². The van der Waals surface area contributed by atoms with Crippen LogP contribution in [0.1, 0.15) is 26.5 Å². The highest BCUT2D eigenvalue weighted by Gasteiger charge is 2.18. The van der Waals surface area contributed by atoms with Gasteiger partial charge in [-0.05, 0) is 53.8 Å². The third-order valence-corrected chi connectivity index (χ3v) is 4.64. The Bertz CT molecular complexity index is 952. The third kappa shape index (κ3) is 3.25. The molecule has 0 spiro atoms. The Kier molecular flexibility index (Phi) is 4.77. The molecule has 5 nitrogen and oxygen atoms in total. The Balaban J connectivity index is 1.75. The zero-order valence-corrected chi connectivity index (χ0v) is 15.4. The molecular weight excluding hydrogens is 443 g/mol. The van der Waals surface area contributed by atoms with Crippen molar-refractivity contribution in [3.8, 4) is 0 Å². The van der Waals surface area contributed by atoms with E-state index in [9.17, 15) is 9.59 Å². The number of amides is 2. The van der Waals surface area contributed by atoms with Gasteiger partial charge in [0.15, 0.2) is 5.76 Å². The lowest BCUT2D eigenvalue weighted by atomic mass is 10.1. The minimum absolute atomic E-state index is 0.169. The molecule has 0 atom stereocenters. The van der Waals surface area contributed by atoms with Gasteiger partial charge in [0, 0.05) is 19.5 Å². The van der Waals surface area contributed by atoms with Crippen LogP contribution < -0.4 is 10.9 Å². The van der Waals surface area contributed by atoms with Gasteiger partial charge in [-0.15, -0.1) is 0 Å². The number of carbonyl (C=O) groups excluding carboxylic acids is 2. The van der Waals surface area contributed by atoms with Crippen LogP contribution in [0.4, 0.5) is 0 Å². The van der Waals surface area contributed by atoms with Gasteiger partial charge in [0.1, 0.15) is 5.58 Å². The molecule has 122 valence electrons. The second kappa shape index (κ2) is 6.82. The summed E-state index contributed by atoms with van der Waals surface area (Å²) in [6.07, 6.45) is 0. The molecule has 3 rings (SSSR count). The van der Waals surface area contributed by atoms with Gasteiger partial charge < -0.3 is 4.42 Å². The van der Waals surface area contributed by atoms with Crippen molar-refractivity contribution in [3.05, 3.63) is 67.9 Å². The summed E-state index contributed by atoms with van der Waals surface area (Å²) < 4.78 is 6.24. The number of fused-ring (bicyclic) bond motifs is 1. The maximum Gasteiger partial charge on any atom is 0.305 e. The quantitative estimate of drug-likeness (QED) is 0.453. The molecule has 0 unspecified atom stereocenters. The standard InChI is InChI=1S/C17H12ClIN2O3/c1-9-11-4-2-3-5-14(11)24-15(9)17(23)21-20-16(22)12-7-6-10(18)8-13(12)19/h2-8H,1H3,(H,20,22)(H,21,23). The van der Waals surface area contributed by atoms with Crippen molar-refractivity contribution < 1.29 is 14.0 Å². The SMILES string of the molecule is Cc1c(C(=O)NNC(=O)c2ccc(Cl)cc2I)oc2ccccc12. The molecule has 0 fully saturated rings. The van der Waals surface area contributed by atoms with E-state index >= 15 is 0 Å². The van der Waals surface area contributed by atoms with Gasteiger partial charge in [0.25, 0.3) is 5.91 Å². The highest BCUT2D eigenvalue weighted by atomic mass is 127. The van der Waals surface area contributed by atoms with Crippen LogP contribution in [0, 0.1) is 10.5 Å². The Morgan fingerprint density at radius 1 is 1.08 bits per heavy atom. The predicted molar refractivity (Wildman–Crippen MR) is 100 cm³/mol. The second-order valence-corrected chi connectivity index (χ2v) is 6.68. The van der Waals surface area contributed by atoms with Gasteiger partial charge in [0.05, 0.1) is 5.56 Å². The summed E-state index contributed by atoms with van der Waals surface area (Å²) in [6, 6.07) is 12.2. The van der Waals surface area contributed by atoms with Crippen molar-refractivity contribution >= 4 is 57.0 Å². The van der Waals surface area contributed by atoms with Crippen molar-refractivity contribution in [1.29, 1.82) is 0 Å². The second-order valence-electron chi connectivity index (χ2n) is 5.08. The Hall–Kier alpha value is -2.06. The van der Waals surface area contributed by atoms with Crippen LogP contribution in [0.3, 0.4) is 0 Å². The Labute approximate surface area is 156 Å². The number of hydrogen-bond donors (Lipinski definition) is 2. The number of halogens is 2. The van der Waals surface area contributed by atoms with E-state index in [-0.39, 0.29) is 5.76 Å². The predicted octanol–water partition coefficient (Wildman–Crippen LogP) is 4.07. The van der Waals surface area contributed by atoms with E-state index in [1.807, 2.05) is 40.8 Å². The molecule has 1 aromatic heterocycles. The van der Waals surface area contributed by atoms with Gasteiger partial charge in [-0.3, -0.25) is 20.4 Å². The molecule has 2 N–H and O–H groups in total. The molecule has 7 heteroatoms. The lowest BCUT2D eigenvalue weighted by molar-refractivity contribution is 0.0831. The average molecular weight is 455 g/mol. The first kappa shape index (κ1) is 16.8. The summed E-state index contributed by atoms with van der Waals surface area (Å²) in [5.74, 6) is -0.776. The smallest absolute Gasteiger partial charge is 0.305 e. The molecule has 2 amide bonds. The minimum Gasteiger partial charge on any atom is -0.451 e. The van der Waals surface area contributed by atoms with Crippen LogP contribution in [0.2, 0.25) is 5.02 Å². The van der Waals surface area contributed by atoms with E-state index in [4.69, 9.17) is 16.0 Å². The summed E-state index contributed by atoms with van der Waals surface area (Å²) in [4.78, 5) is 24.4. The average Bonchev–Trinajstić information content (AvgIpc) is 2.90. The summed E-state index contributed by atoms with van der Waals surface area (Å²) in [6.45, 7) is 1.80. The number of carbonyl (C=O) groups is 2. The fraction of sp³-hybridized carbons (Fsp3) is 0.0588. The van der Waals surface area contributed by atoms with E-state index in [0.29, 0.717) is 19.7 Å². The number of nitrogens with one attached hydrogen (secondary N) is 2. The highest BCUT2D eigenvalue weighted by molar-refractivity contribution is 14.1.